The summed E-state index contributed by atoms with van der Waals surface area (Å²) >= 11 is 0. The summed E-state index contributed by atoms with van der Waals surface area (Å²) in [7, 11) is 0. The number of aromatic nitrogens is 2. The molecule has 0 saturated heterocycles. The second-order valence-electron chi connectivity index (χ2n) is 16.8. The predicted molar refractivity (Wildman–Crippen MR) is 263 cm³/mol. The summed E-state index contributed by atoms with van der Waals surface area (Å²) in [4.78, 5) is 0. The monoisotopic (exact) mass is 800 g/mol. The fourth-order valence-corrected chi connectivity index (χ4v) is 10.9. The summed E-state index contributed by atoms with van der Waals surface area (Å²) < 4.78 is 4.88. The van der Waals surface area contributed by atoms with Gasteiger partial charge in [0.25, 0.3) is 0 Å². The second kappa shape index (κ2) is 13.9. The maximum Gasteiger partial charge on any atom is 0.0714 e. The first-order valence-corrected chi connectivity index (χ1v) is 21.8. The Morgan fingerprint density at radius 2 is 0.714 bits per heavy atom. The molecule has 1 aliphatic rings. The molecule has 0 fully saturated rings. The number of hydrogen-bond donors (Lipinski definition) is 0. The Morgan fingerprint density at radius 1 is 0.254 bits per heavy atom. The van der Waals surface area contributed by atoms with E-state index in [4.69, 9.17) is 0 Å². The molecule has 0 N–H and O–H groups in total. The third kappa shape index (κ3) is 5.25. The van der Waals surface area contributed by atoms with E-state index in [9.17, 15) is 0 Å². The van der Waals surface area contributed by atoms with Crippen LogP contribution in [0, 0.1) is 0 Å². The van der Waals surface area contributed by atoms with Gasteiger partial charge >= 0.3 is 0 Å². The van der Waals surface area contributed by atoms with Crippen LogP contribution in [0.5, 0.6) is 0 Å². The van der Waals surface area contributed by atoms with Crippen LogP contribution in [0.2, 0.25) is 0 Å². The van der Waals surface area contributed by atoms with Gasteiger partial charge in [-0.05, 0) is 116 Å². The predicted octanol–water partition coefficient (Wildman–Crippen LogP) is 15.6. The zero-order valence-electron chi connectivity index (χ0n) is 34.5. The molecule has 12 aromatic rings. The molecule has 0 unspecified atom stereocenters. The molecule has 0 amide bonds. The zero-order valence-corrected chi connectivity index (χ0v) is 34.5. The van der Waals surface area contributed by atoms with Crippen molar-refractivity contribution in [2.24, 2.45) is 0 Å². The molecule has 2 nitrogen and oxygen atoms in total. The van der Waals surface area contributed by atoms with Gasteiger partial charge in [0, 0.05) is 32.9 Å². The Balaban J connectivity index is 0.977. The van der Waals surface area contributed by atoms with E-state index in [1.54, 1.807) is 0 Å². The molecule has 294 valence electrons. The van der Waals surface area contributed by atoms with Crippen molar-refractivity contribution < 1.29 is 0 Å². The van der Waals surface area contributed by atoms with Crippen molar-refractivity contribution in [2.75, 3.05) is 0 Å². The standard InChI is InChI=1S/C61H40N2/c1-4-17-41(18-5-1)42-19-16-24-47(37-42)62-57-29-14-11-26-51(57)53-38-43(31-35-59(53)62)44-32-36-60-54(39-44)52-27-12-15-30-58(52)63(60)48-33-34-50-49-25-10-13-28-55(49)61(56(50)40-48,45-20-6-2-7-21-45)46-22-8-3-9-23-46/h1-40H. The number of para-hydroxylation sites is 2. The average Bonchev–Trinajstić information content (AvgIpc) is 3.98. The van der Waals surface area contributed by atoms with Gasteiger partial charge in [0.15, 0.2) is 0 Å². The van der Waals surface area contributed by atoms with Gasteiger partial charge < -0.3 is 9.13 Å². The summed E-state index contributed by atoms with van der Waals surface area (Å²) in [6.45, 7) is 0. The van der Waals surface area contributed by atoms with Gasteiger partial charge in [-0.25, -0.2) is 0 Å². The van der Waals surface area contributed by atoms with E-state index < -0.39 is 5.41 Å². The third-order valence-corrected chi connectivity index (χ3v) is 13.6. The SMILES string of the molecule is c1ccc(-c2cccc(-n3c4ccccc4c4cc(-c5ccc6c(c5)c5ccccc5n6-c5ccc6c(c5)C(c5ccccc5)(c5ccccc5)c5ccccc5-6)ccc43)c2)cc1. The van der Waals surface area contributed by atoms with Crippen LogP contribution < -0.4 is 0 Å². The van der Waals surface area contributed by atoms with Crippen LogP contribution in [-0.4, -0.2) is 9.13 Å². The van der Waals surface area contributed by atoms with Crippen molar-refractivity contribution in [3.05, 3.63) is 265 Å². The van der Waals surface area contributed by atoms with Crippen LogP contribution in [0.3, 0.4) is 0 Å². The molecule has 2 heteroatoms. The molecule has 0 aliphatic heterocycles. The summed E-state index contributed by atoms with van der Waals surface area (Å²) in [5.74, 6) is 0. The van der Waals surface area contributed by atoms with E-state index in [2.05, 4.69) is 252 Å². The Bertz CT molecular complexity index is 3680. The number of nitrogens with zero attached hydrogens (tertiary/aromatic N) is 2. The van der Waals surface area contributed by atoms with Crippen molar-refractivity contribution in [3.8, 4) is 44.8 Å². The average molecular weight is 801 g/mol. The molecule has 63 heavy (non-hydrogen) atoms. The van der Waals surface area contributed by atoms with Gasteiger partial charge in [-0.3, -0.25) is 0 Å². The fraction of sp³-hybridized carbons (Fsp3) is 0.0164. The molecule has 0 spiro atoms. The molecule has 2 aromatic heterocycles. The van der Waals surface area contributed by atoms with Crippen molar-refractivity contribution in [1.82, 2.24) is 9.13 Å². The Labute approximate surface area is 366 Å². The summed E-state index contributed by atoms with van der Waals surface area (Å²) in [6.07, 6.45) is 0. The molecular weight excluding hydrogens is 761 g/mol. The molecule has 13 rings (SSSR count). The summed E-state index contributed by atoms with van der Waals surface area (Å²) in [6, 6.07) is 89.5. The molecule has 0 radical (unpaired) electrons. The Hall–Kier alpha value is -8.20. The van der Waals surface area contributed by atoms with Crippen LogP contribution in [0.25, 0.3) is 88.4 Å². The minimum absolute atomic E-state index is 0.469. The van der Waals surface area contributed by atoms with E-state index in [1.165, 1.54) is 99.2 Å². The molecule has 10 aromatic carbocycles. The fourth-order valence-electron chi connectivity index (χ4n) is 10.9. The summed E-state index contributed by atoms with van der Waals surface area (Å²) in [5, 5.41) is 4.98. The minimum atomic E-state index is -0.469. The molecule has 1 aliphatic carbocycles. The van der Waals surface area contributed by atoms with Crippen molar-refractivity contribution in [3.63, 3.8) is 0 Å². The maximum atomic E-state index is 2.47. The smallest absolute Gasteiger partial charge is 0.0714 e. The Kier molecular flexibility index (Phi) is 7.85. The summed E-state index contributed by atoms with van der Waals surface area (Å²) in [5.41, 5.74) is 19.2. The highest BCUT2D eigenvalue weighted by molar-refractivity contribution is 6.13. The lowest BCUT2D eigenvalue weighted by Crippen LogP contribution is -2.28. The number of rotatable bonds is 6. The van der Waals surface area contributed by atoms with Crippen LogP contribution in [-0.2, 0) is 5.41 Å². The van der Waals surface area contributed by atoms with Gasteiger partial charge in [0.05, 0.1) is 27.5 Å². The zero-order chi connectivity index (χ0) is 41.5. The van der Waals surface area contributed by atoms with Gasteiger partial charge in [-0.1, -0.05) is 182 Å². The first-order chi connectivity index (χ1) is 31.3. The number of benzene rings is 10. The highest BCUT2D eigenvalue weighted by Gasteiger charge is 2.46. The molecule has 0 atom stereocenters. The first-order valence-electron chi connectivity index (χ1n) is 21.8. The maximum absolute atomic E-state index is 2.47. The number of hydrogen-bond acceptors (Lipinski definition) is 0. The first kappa shape index (κ1) is 35.5. The lowest BCUT2D eigenvalue weighted by atomic mass is 9.67. The molecular formula is C61H40N2. The van der Waals surface area contributed by atoms with Crippen LogP contribution in [0.4, 0.5) is 0 Å². The topological polar surface area (TPSA) is 9.86 Å². The lowest BCUT2D eigenvalue weighted by Gasteiger charge is -2.34. The normalized spacial score (nSPS) is 12.9. The van der Waals surface area contributed by atoms with E-state index in [-0.39, 0.29) is 0 Å². The number of fused-ring (bicyclic) bond motifs is 9. The quantitative estimate of drug-likeness (QED) is 0.159. The molecule has 0 saturated carbocycles. The van der Waals surface area contributed by atoms with Gasteiger partial charge in [-0.2, -0.15) is 0 Å². The van der Waals surface area contributed by atoms with Crippen LogP contribution >= 0.6 is 0 Å². The highest BCUT2D eigenvalue weighted by Crippen LogP contribution is 2.56. The van der Waals surface area contributed by atoms with E-state index >= 15 is 0 Å². The van der Waals surface area contributed by atoms with Gasteiger partial charge in [-0.15, -0.1) is 0 Å². The van der Waals surface area contributed by atoms with E-state index in [0.29, 0.717) is 0 Å². The van der Waals surface area contributed by atoms with Crippen molar-refractivity contribution in [1.29, 1.82) is 0 Å². The van der Waals surface area contributed by atoms with Gasteiger partial charge in [0.2, 0.25) is 0 Å². The Morgan fingerprint density at radius 3 is 1.33 bits per heavy atom. The minimum Gasteiger partial charge on any atom is -0.309 e. The van der Waals surface area contributed by atoms with Crippen molar-refractivity contribution >= 4 is 43.6 Å². The second-order valence-corrected chi connectivity index (χ2v) is 16.8. The van der Waals surface area contributed by atoms with E-state index in [0.717, 1.165) is 11.4 Å². The van der Waals surface area contributed by atoms with Crippen LogP contribution in [0.1, 0.15) is 22.3 Å². The van der Waals surface area contributed by atoms with E-state index in [1.807, 2.05) is 0 Å². The lowest BCUT2D eigenvalue weighted by molar-refractivity contribution is 0.767. The van der Waals surface area contributed by atoms with Crippen molar-refractivity contribution in [2.45, 2.75) is 5.41 Å². The largest absolute Gasteiger partial charge is 0.309 e. The highest BCUT2D eigenvalue weighted by atomic mass is 15.0. The van der Waals surface area contributed by atoms with Crippen LogP contribution in [0.15, 0.2) is 243 Å². The molecule has 2 heterocycles. The molecule has 0 bridgehead atoms. The van der Waals surface area contributed by atoms with Gasteiger partial charge in [0.1, 0.15) is 0 Å². The third-order valence-electron chi connectivity index (χ3n) is 13.6.